The first-order chi connectivity index (χ1) is 3.84. The Hall–Kier alpha value is -0.330. The predicted molar refractivity (Wildman–Crippen MR) is 32.6 cm³/mol. The van der Waals surface area contributed by atoms with Crippen LogP contribution in [0.2, 0.25) is 0 Å². The number of hydrogen-bond donors (Lipinski definition) is 0. The van der Waals surface area contributed by atoms with Crippen molar-refractivity contribution in [2.45, 2.75) is 26.2 Å². The minimum atomic E-state index is 0.384. The van der Waals surface area contributed by atoms with Gasteiger partial charge in [-0.1, -0.05) is 19.8 Å². The van der Waals surface area contributed by atoms with Crippen molar-refractivity contribution in [3.8, 4) is 0 Å². The molecule has 0 saturated heterocycles. The molecule has 0 aromatic heterocycles. The van der Waals surface area contributed by atoms with Crippen molar-refractivity contribution in [2.75, 3.05) is 0 Å². The molecule has 1 rings (SSSR count). The summed E-state index contributed by atoms with van der Waals surface area (Å²) in [5, 5.41) is 0. The van der Waals surface area contributed by atoms with Crippen LogP contribution in [0.25, 0.3) is 0 Å². The highest BCUT2D eigenvalue weighted by Crippen LogP contribution is 2.28. The topological polar surface area (TPSA) is 17.1 Å². The van der Waals surface area contributed by atoms with Crippen LogP contribution in [0.4, 0.5) is 0 Å². The summed E-state index contributed by atoms with van der Waals surface area (Å²) in [5.74, 6) is 1.04. The summed E-state index contributed by atoms with van der Waals surface area (Å²) in [5.41, 5.74) is 0. The first kappa shape index (κ1) is 5.80. The van der Waals surface area contributed by atoms with Crippen LogP contribution < -0.4 is 0 Å². The van der Waals surface area contributed by atoms with Gasteiger partial charge in [0.2, 0.25) is 0 Å². The van der Waals surface area contributed by atoms with E-state index in [1.807, 2.05) is 0 Å². The fourth-order valence-corrected chi connectivity index (χ4v) is 1.38. The third-order valence-corrected chi connectivity index (χ3v) is 2.10. The van der Waals surface area contributed by atoms with Gasteiger partial charge in [-0.05, 0) is 12.3 Å². The lowest BCUT2D eigenvalue weighted by Gasteiger charge is -2.03. The van der Waals surface area contributed by atoms with Crippen molar-refractivity contribution in [3.05, 3.63) is 0 Å². The van der Waals surface area contributed by atoms with Crippen molar-refractivity contribution >= 4 is 6.29 Å². The lowest BCUT2D eigenvalue weighted by molar-refractivity contribution is -0.111. The van der Waals surface area contributed by atoms with Gasteiger partial charge in [0, 0.05) is 5.92 Å². The Morgan fingerprint density at radius 2 is 2.25 bits per heavy atom. The quantitative estimate of drug-likeness (QED) is 0.471. The van der Waals surface area contributed by atoms with Gasteiger partial charge in [-0.25, -0.2) is 0 Å². The predicted octanol–water partition coefficient (Wildman–Crippen LogP) is 1.62. The second-order valence-electron chi connectivity index (χ2n) is 2.71. The van der Waals surface area contributed by atoms with E-state index in [0.717, 1.165) is 12.7 Å². The van der Waals surface area contributed by atoms with Gasteiger partial charge in [0.05, 0.1) is 0 Å². The van der Waals surface area contributed by atoms with Crippen LogP contribution in [0.15, 0.2) is 0 Å². The molecule has 0 radical (unpaired) electrons. The number of rotatable bonds is 1. The van der Waals surface area contributed by atoms with E-state index >= 15 is 0 Å². The molecule has 0 bridgehead atoms. The standard InChI is InChI=1S/C7H12O/c1-6-3-2-4-7(6)5-8/h5-7H,2-4H2,1H3/t6-,7-/m1/s1. The number of aldehydes is 1. The van der Waals surface area contributed by atoms with Crippen LogP contribution in [0.5, 0.6) is 0 Å². The summed E-state index contributed by atoms with van der Waals surface area (Å²) in [4.78, 5) is 10.2. The molecular formula is C7H12O. The summed E-state index contributed by atoms with van der Waals surface area (Å²) in [7, 11) is 0. The molecule has 2 atom stereocenters. The molecule has 1 aliphatic rings. The Kier molecular flexibility index (Phi) is 1.66. The summed E-state index contributed by atoms with van der Waals surface area (Å²) in [6.45, 7) is 2.16. The summed E-state index contributed by atoms with van der Waals surface area (Å²) in [6.07, 6.45) is 4.75. The molecule has 0 amide bonds. The fraction of sp³-hybridized carbons (Fsp3) is 0.857. The summed E-state index contributed by atoms with van der Waals surface area (Å²) in [6, 6.07) is 0. The smallest absolute Gasteiger partial charge is 0.123 e. The Balaban J connectivity index is 2.41. The summed E-state index contributed by atoms with van der Waals surface area (Å²) < 4.78 is 0. The molecule has 46 valence electrons. The first-order valence-corrected chi connectivity index (χ1v) is 3.30. The average Bonchev–Trinajstić information content (AvgIpc) is 2.14. The monoisotopic (exact) mass is 112 g/mol. The summed E-state index contributed by atoms with van der Waals surface area (Å²) >= 11 is 0. The highest BCUT2D eigenvalue weighted by atomic mass is 16.1. The zero-order valence-electron chi connectivity index (χ0n) is 5.26. The third kappa shape index (κ3) is 0.908. The fourth-order valence-electron chi connectivity index (χ4n) is 1.38. The third-order valence-electron chi connectivity index (χ3n) is 2.10. The van der Waals surface area contributed by atoms with E-state index in [9.17, 15) is 4.79 Å². The van der Waals surface area contributed by atoms with Gasteiger partial charge >= 0.3 is 0 Å². The maximum absolute atomic E-state index is 10.2. The van der Waals surface area contributed by atoms with Gasteiger partial charge in [0.1, 0.15) is 6.29 Å². The second-order valence-corrected chi connectivity index (χ2v) is 2.71. The maximum atomic E-state index is 10.2. The molecule has 0 aromatic carbocycles. The minimum Gasteiger partial charge on any atom is -0.303 e. The van der Waals surface area contributed by atoms with Crippen LogP contribution in [-0.2, 0) is 4.79 Å². The zero-order valence-corrected chi connectivity index (χ0v) is 5.26. The van der Waals surface area contributed by atoms with Crippen molar-refractivity contribution in [1.82, 2.24) is 0 Å². The van der Waals surface area contributed by atoms with Crippen molar-refractivity contribution in [3.63, 3.8) is 0 Å². The van der Waals surface area contributed by atoms with Crippen molar-refractivity contribution < 1.29 is 4.79 Å². The zero-order chi connectivity index (χ0) is 5.98. The average molecular weight is 112 g/mol. The molecule has 1 fully saturated rings. The second kappa shape index (κ2) is 2.29. The van der Waals surface area contributed by atoms with E-state index in [1.54, 1.807) is 0 Å². The van der Waals surface area contributed by atoms with Gasteiger partial charge in [0.25, 0.3) is 0 Å². The number of carbonyl (C=O) groups excluding carboxylic acids is 1. The highest BCUT2D eigenvalue weighted by molar-refractivity contribution is 5.54. The minimum absolute atomic E-state index is 0.384. The van der Waals surface area contributed by atoms with E-state index in [2.05, 4.69) is 6.92 Å². The van der Waals surface area contributed by atoms with Gasteiger partial charge < -0.3 is 4.79 Å². The largest absolute Gasteiger partial charge is 0.303 e. The molecule has 0 aliphatic heterocycles. The molecule has 0 aromatic rings. The first-order valence-electron chi connectivity index (χ1n) is 3.30. The van der Waals surface area contributed by atoms with Crippen molar-refractivity contribution in [1.29, 1.82) is 0 Å². The van der Waals surface area contributed by atoms with E-state index in [0.29, 0.717) is 11.8 Å². The van der Waals surface area contributed by atoms with Crippen LogP contribution in [-0.4, -0.2) is 6.29 Å². The molecule has 8 heavy (non-hydrogen) atoms. The number of carbonyl (C=O) groups is 1. The van der Waals surface area contributed by atoms with E-state index in [4.69, 9.17) is 0 Å². The van der Waals surface area contributed by atoms with Crippen LogP contribution >= 0.6 is 0 Å². The van der Waals surface area contributed by atoms with Crippen molar-refractivity contribution in [2.24, 2.45) is 11.8 Å². The molecule has 0 spiro atoms. The maximum Gasteiger partial charge on any atom is 0.123 e. The molecule has 1 nitrogen and oxygen atoms in total. The highest BCUT2D eigenvalue weighted by Gasteiger charge is 2.21. The molecular weight excluding hydrogens is 100 g/mol. The van der Waals surface area contributed by atoms with E-state index < -0.39 is 0 Å². The SMILES string of the molecule is C[C@@H]1CCC[C@@H]1C=O. The van der Waals surface area contributed by atoms with Crippen LogP contribution in [0.3, 0.4) is 0 Å². The van der Waals surface area contributed by atoms with E-state index in [1.165, 1.54) is 12.8 Å². The van der Waals surface area contributed by atoms with Gasteiger partial charge in [-0.3, -0.25) is 0 Å². The van der Waals surface area contributed by atoms with Crippen LogP contribution in [0, 0.1) is 11.8 Å². The molecule has 1 heteroatoms. The Labute approximate surface area is 50.1 Å². The van der Waals surface area contributed by atoms with E-state index in [-0.39, 0.29) is 0 Å². The van der Waals surface area contributed by atoms with Gasteiger partial charge in [0.15, 0.2) is 0 Å². The van der Waals surface area contributed by atoms with Crippen LogP contribution in [0.1, 0.15) is 26.2 Å². The Morgan fingerprint density at radius 1 is 1.50 bits per heavy atom. The van der Waals surface area contributed by atoms with Gasteiger partial charge in [-0.2, -0.15) is 0 Å². The lowest BCUT2D eigenvalue weighted by Crippen LogP contribution is -2.03. The lowest BCUT2D eigenvalue weighted by atomic mass is 10.0. The van der Waals surface area contributed by atoms with Gasteiger partial charge in [-0.15, -0.1) is 0 Å². The molecule has 0 unspecified atom stereocenters. The molecule has 0 N–H and O–H groups in total. The number of hydrogen-bond acceptors (Lipinski definition) is 1. The molecule has 1 saturated carbocycles. The Bertz CT molecular complexity index is 88.4. The Morgan fingerprint density at radius 3 is 2.50 bits per heavy atom. The molecule has 0 heterocycles. The normalized spacial score (nSPS) is 37.6. The molecule has 1 aliphatic carbocycles.